The number of H-pyrrole nitrogens is 1. The van der Waals surface area contributed by atoms with Crippen molar-refractivity contribution in [3.63, 3.8) is 0 Å². The second-order valence-electron chi connectivity index (χ2n) is 9.31. The van der Waals surface area contributed by atoms with Gasteiger partial charge in [0.15, 0.2) is 6.17 Å². The van der Waals surface area contributed by atoms with E-state index < -0.39 is 5.97 Å². The summed E-state index contributed by atoms with van der Waals surface area (Å²) >= 11 is 0. The molecule has 0 aliphatic carbocycles. The van der Waals surface area contributed by atoms with Crippen molar-refractivity contribution in [3.8, 4) is 0 Å². The van der Waals surface area contributed by atoms with Gasteiger partial charge in [0.1, 0.15) is 11.3 Å². The van der Waals surface area contributed by atoms with Gasteiger partial charge in [-0.2, -0.15) is 5.21 Å². The number of methoxy groups -OCH3 is 1. The molecule has 0 bridgehead atoms. The van der Waals surface area contributed by atoms with Crippen LogP contribution in [0.2, 0.25) is 0 Å². The van der Waals surface area contributed by atoms with Crippen molar-refractivity contribution in [3.05, 3.63) is 89.2 Å². The first-order valence-corrected chi connectivity index (χ1v) is 12.7. The van der Waals surface area contributed by atoms with Crippen LogP contribution in [0.5, 0.6) is 0 Å². The highest BCUT2D eigenvalue weighted by Crippen LogP contribution is 2.50. The third kappa shape index (κ3) is 3.76. The minimum Gasteiger partial charge on any atom is -0.465 e. The number of anilines is 3. The number of aryl methyl sites for hydroxylation is 2. The van der Waals surface area contributed by atoms with Crippen LogP contribution in [0.25, 0.3) is 11.0 Å². The van der Waals surface area contributed by atoms with E-state index in [-0.39, 0.29) is 6.17 Å². The van der Waals surface area contributed by atoms with E-state index in [1.54, 1.807) is 6.07 Å². The van der Waals surface area contributed by atoms with E-state index >= 15 is 0 Å². The lowest BCUT2D eigenvalue weighted by atomic mass is 10.1. The number of imidazole rings is 1. The lowest BCUT2D eigenvalue weighted by Gasteiger charge is -2.33. The number of aromatic amines is 1. The molecule has 6 rings (SSSR count). The number of fused-ring (bicyclic) bond motifs is 2. The van der Waals surface area contributed by atoms with Crippen molar-refractivity contribution in [1.82, 2.24) is 30.3 Å². The van der Waals surface area contributed by atoms with Crippen LogP contribution in [0.1, 0.15) is 53.2 Å². The maximum Gasteiger partial charge on any atom is 0.340 e. The first kappa shape index (κ1) is 23.7. The van der Waals surface area contributed by atoms with Crippen LogP contribution in [-0.4, -0.2) is 43.4 Å². The highest BCUT2D eigenvalue weighted by molar-refractivity contribution is 6.03. The number of rotatable bonds is 7. The zero-order chi connectivity index (χ0) is 26.2. The third-order valence-electron chi connectivity index (χ3n) is 6.88. The molecular formula is C28H28N8O2. The SMILES string of the molecule is CCCCc1nc2cccc(C(=O)OC)c2n1N1c2ccccc2N(c2nn[nH]n2)C1c1ccc(C)cc1. The fraction of sp³-hybridized carbons (Fsp3) is 0.250. The van der Waals surface area contributed by atoms with Crippen molar-refractivity contribution in [2.45, 2.75) is 39.3 Å². The topological polar surface area (TPSA) is 105 Å². The summed E-state index contributed by atoms with van der Waals surface area (Å²) in [5.74, 6) is 0.895. The number of esters is 1. The number of hydrogen-bond donors (Lipinski definition) is 1. The number of tetrazole rings is 1. The van der Waals surface area contributed by atoms with Gasteiger partial charge in [0.05, 0.1) is 29.6 Å². The van der Waals surface area contributed by atoms with Crippen molar-refractivity contribution >= 4 is 34.3 Å². The van der Waals surface area contributed by atoms with Gasteiger partial charge in [0.25, 0.3) is 5.95 Å². The Labute approximate surface area is 219 Å². The molecule has 0 fully saturated rings. The highest BCUT2D eigenvalue weighted by Gasteiger charge is 2.42. The molecule has 2 aromatic heterocycles. The average Bonchev–Trinajstić information content (AvgIpc) is 3.67. The van der Waals surface area contributed by atoms with Crippen molar-refractivity contribution in [1.29, 1.82) is 0 Å². The summed E-state index contributed by atoms with van der Waals surface area (Å²) in [5.41, 5.74) is 5.92. The molecule has 10 nitrogen and oxygen atoms in total. The molecule has 3 aromatic carbocycles. The second-order valence-corrected chi connectivity index (χ2v) is 9.31. The fourth-order valence-corrected chi connectivity index (χ4v) is 5.12. The molecule has 1 unspecified atom stereocenters. The van der Waals surface area contributed by atoms with E-state index in [0.717, 1.165) is 53.1 Å². The molecule has 0 amide bonds. The lowest BCUT2D eigenvalue weighted by molar-refractivity contribution is 0.0602. The number of ether oxygens (including phenoxy) is 1. The van der Waals surface area contributed by atoms with Gasteiger partial charge in [-0.1, -0.05) is 66.5 Å². The molecule has 38 heavy (non-hydrogen) atoms. The zero-order valence-corrected chi connectivity index (χ0v) is 21.5. The Morgan fingerprint density at radius 2 is 1.82 bits per heavy atom. The fourth-order valence-electron chi connectivity index (χ4n) is 5.12. The standard InChI is InChI=1S/C28H28N8O2/c1-4-5-13-24-29-21-10-8-9-20(27(37)38-3)25(21)36(24)35-23-12-7-6-11-22(23)34(28-30-32-33-31-28)26(35)19-16-14-18(2)15-17-19/h6-12,14-17,26H,4-5,13H2,1-3H3,(H,30,31,32,33). The van der Waals surface area contributed by atoms with Crippen molar-refractivity contribution in [2.75, 3.05) is 17.0 Å². The quantitative estimate of drug-likeness (QED) is 0.303. The molecule has 0 saturated heterocycles. The third-order valence-corrected chi connectivity index (χ3v) is 6.88. The van der Waals surface area contributed by atoms with E-state index in [0.29, 0.717) is 17.0 Å². The monoisotopic (exact) mass is 508 g/mol. The number of nitrogens with one attached hydrogen (secondary N) is 1. The lowest BCUT2D eigenvalue weighted by Crippen LogP contribution is -2.38. The largest absolute Gasteiger partial charge is 0.465 e. The van der Waals surface area contributed by atoms with Crippen LogP contribution in [0.3, 0.4) is 0 Å². The predicted molar refractivity (Wildman–Crippen MR) is 144 cm³/mol. The molecule has 0 radical (unpaired) electrons. The van der Waals surface area contributed by atoms with E-state index in [4.69, 9.17) is 9.72 Å². The maximum atomic E-state index is 13.0. The van der Waals surface area contributed by atoms with Gasteiger partial charge < -0.3 is 4.74 Å². The van der Waals surface area contributed by atoms with Gasteiger partial charge in [-0.05, 0) is 48.4 Å². The van der Waals surface area contributed by atoms with Crippen LogP contribution < -0.4 is 9.91 Å². The number of carbonyl (C=O) groups excluding carboxylic acids is 1. The molecule has 3 heterocycles. The molecule has 0 saturated carbocycles. The van der Waals surface area contributed by atoms with Gasteiger partial charge in [0.2, 0.25) is 0 Å². The Morgan fingerprint density at radius 3 is 2.53 bits per heavy atom. The average molecular weight is 509 g/mol. The number of unbranched alkanes of at least 4 members (excludes halogenated alkanes) is 1. The van der Waals surface area contributed by atoms with Crippen LogP contribution in [-0.2, 0) is 11.2 Å². The molecule has 1 aliphatic rings. The number of aromatic nitrogens is 6. The minimum absolute atomic E-state index is 0.380. The maximum absolute atomic E-state index is 13.0. The van der Waals surface area contributed by atoms with Crippen LogP contribution >= 0.6 is 0 Å². The summed E-state index contributed by atoms with van der Waals surface area (Å²) in [7, 11) is 1.40. The molecule has 1 atom stereocenters. The molecule has 1 N–H and O–H groups in total. The summed E-state index contributed by atoms with van der Waals surface area (Å²) in [6, 6.07) is 22.1. The van der Waals surface area contributed by atoms with Gasteiger partial charge >= 0.3 is 5.97 Å². The smallest absolute Gasteiger partial charge is 0.340 e. The van der Waals surface area contributed by atoms with Gasteiger partial charge in [0, 0.05) is 6.42 Å². The number of benzene rings is 3. The van der Waals surface area contributed by atoms with E-state index in [9.17, 15) is 4.79 Å². The summed E-state index contributed by atoms with van der Waals surface area (Å²) in [5, 5.41) is 17.3. The highest BCUT2D eigenvalue weighted by atomic mass is 16.5. The predicted octanol–water partition coefficient (Wildman–Crippen LogP) is 5.11. The zero-order valence-electron chi connectivity index (χ0n) is 21.5. The van der Waals surface area contributed by atoms with Crippen LogP contribution in [0, 0.1) is 6.92 Å². The first-order chi connectivity index (χ1) is 18.6. The molecule has 0 spiro atoms. The van der Waals surface area contributed by atoms with Crippen LogP contribution in [0.4, 0.5) is 17.3 Å². The first-order valence-electron chi connectivity index (χ1n) is 12.7. The van der Waals surface area contributed by atoms with Crippen molar-refractivity contribution < 1.29 is 9.53 Å². The molecule has 192 valence electrons. The number of para-hydroxylation sites is 3. The summed E-state index contributed by atoms with van der Waals surface area (Å²) < 4.78 is 7.27. The van der Waals surface area contributed by atoms with Gasteiger partial charge in [-0.25, -0.2) is 19.5 Å². The molecular weight excluding hydrogens is 480 g/mol. The summed E-state index contributed by atoms with van der Waals surface area (Å²) in [6.45, 7) is 4.22. The van der Waals surface area contributed by atoms with E-state index in [2.05, 4.69) is 79.4 Å². The van der Waals surface area contributed by atoms with E-state index in [1.165, 1.54) is 7.11 Å². The van der Waals surface area contributed by atoms with Gasteiger partial charge in [-0.15, -0.1) is 5.10 Å². The number of nitrogens with zero attached hydrogens (tertiary/aromatic N) is 7. The second kappa shape index (κ2) is 9.62. The van der Waals surface area contributed by atoms with Crippen molar-refractivity contribution in [2.24, 2.45) is 0 Å². The summed E-state index contributed by atoms with van der Waals surface area (Å²) in [6.07, 6.45) is 2.33. The number of hydrogen-bond acceptors (Lipinski definition) is 8. The Hall–Kier alpha value is -4.73. The van der Waals surface area contributed by atoms with Crippen LogP contribution in [0.15, 0.2) is 66.7 Å². The summed E-state index contributed by atoms with van der Waals surface area (Å²) in [4.78, 5) is 20.1. The van der Waals surface area contributed by atoms with E-state index in [1.807, 2.05) is 30.3 Å². The molecule has 1 aliphatic heterocycles. The normalized spacial score (nSPS) is 14.8. The Morgan fingerprint density at radius 1 is 1.03 bits per heavy atom. The van der Waals surface area contributed by atoms with Gasteiger partial charge in [-0.3, -0.25) is 4.90 Å². The number of carbonyl (C=O) groups is 1. The molecule has 10 heteroatoms. The Kier molecular flexibility index (Phi) is 5.99. The minimum atomic E-state index is -0.409. The Balaban J connectivity index is 1.68. The molecule has 5 aromatic rings. The Bertz CT molecular complexity index is 1590.